The van der Waals surface area contributed by atoms with Crippen LogP contribution in [0, 0.1) is 23.9 Å². The van der Waals surface area contributed by atoms with Gasteiger partial charge >= 0.3 is 0 Å². The van der Waals surface area contributed by atoms with E-state index in [1.807, 2.05) is 76.0 Å². The van der Waals surface area contributed by atoms with Crippen molar-refractivity contribution in [3.8, 4) is 62.1 Å². The van der Waals surface area contributed by atoms with Gasteiger partial charge in [-0.05, 0) is 108 Å². The van der Waals surface area contributed by atoms with Crippen molar-refractivity contribution >= 4 is 32.8 Å². The minimum Gasteiger partial charge on any atom is -0.510 e. The molecule has 0 aliphatic heterocycles. The number of rotatable bonds is 9. The molecule has 0 spiro atoms. The van der Waals surface area contributed by atoms with E-state index in [0.717, 1.165) is 78.5 Å². The second-order valence-electron chi connectivity index (χ2n) is 22.0. The van der Waals surface area contributed by atoms with Crippen molar-refractivity contribution in [2.24, 2.45) is 5.41 Å². The predicted molar refractivity (Wildman–Crippen MR) is 297 cm³/mol. The fourth-order valence-electron chi connectivity index (χ4n) is 9.74. The molecule has 5 nitrogen and oxygen atoms in total. The van der Waals surface area contributed by atoms with Crippen LogP contribution < -0.4 is 9.30 Å². The van der Waals surface area contributed by atoms with Crippen LogP contribution in [0.4, 0.5) is 0 Å². The molecule has 3 aromatic heterocycles. The van der Waals surface area contributed by atoms with E-state index < -0.39 is 18.1 Å². The van der Waals surface area contributed by atoms with Gasteiger partial charge in [0.15, 0.2) is 0 Å². The van der Waals surface area contributed by atoms with Crippen LogP contribution in [0.25, 0.3) is 83.4 Å². The molecule has 366 valence electrons. The van der Waals surface area contributed by atoms with E-state index in [-0.39, 0.29) is 55.0 Å². The fourth-order valence-corrected chi connectivity index (χ4v) is 9.74. The van der Waals surface area contributed by atoms with Gasteiger partial charge in [0.05, 0.1) is 23.6 Å². The Labute approximate surface area is 452 Å². The van der Waals surface area contributed by atoms with Crippen molar-refractivity contribution in [3.63, 3.8) is 0 Å². The molecule has 0 atom stereocenters. The second-order valence-corrected chi connectivity index (χ2v) is 22.0. The summed E-state index contributed by atoms with van der Waals surface area (Å²) in [5.74, 6) is 1.78. The molecule has 0 bridgehead atoms. The zero-order chi connectivity index (χ0) is 54.3. The number of nitrogens with zero attached hydrogens (tertiary/aromatic N) is 4. The molecule has 0 N–H and O–H groups in total. The van der Waals surface area contributed by atoms with Gasteiger partial charge in [0, 0.05) is 44.3 Å². The third kappa shape index (κ3) is 9.84. The molecule has 11 rings (SSSR count). The maximum absolute atomic E-state index is 9.35. The number of benzene rings is 8. The van der Waals surface area contributed by atoms with E-state index in [0.29, 0.717) is 28.4 Å². The van der Waals surface area contributed by atoms with Crippen LogP contribution in [0.3, 0.4) is 0 Å². The van der Waals surface area contributed by atoms with E-state index in [1.165, 1.54) is 5.56 Å². The summed E-state index contributed by atoms with van der Waals surface area (Å²) in [6.07, 6.45) is 6.53. The Balaban J connectivity index is 0.00000688. The first-order valence-electron chi connectivity index (χ1n) is 27.2. The average Bonchev–Trinajstić information content (AvgIpc) is 3.98. The van der Waals surface area contributed by atoms with E-state index in [2.05, 4.69) is 176 Å². The summed E-state index contributed by atoms with van der Waals surface area (Å²) in [4.78, 5) is 4.88. The zero-order valence-corrected chi connectivity index (χ0v) is 45.0. The van der Waals surface area contributed by atoms with Crippen LogP contribution in [-0.2, 0) is 38.3 Å². The van der Waals surface area contributed by atoms with E-state index in [9.17, 15) is 2.74 Å². The Hall–Kier alpha value is -7.33. The number of fused-ring (bicyclic) bond motifs is 4. The standard InChI is InChI=1S/C67H60N4O.Pt/c1-65(2,3)43-45-34-35-68-63(36-45)71-59-29-17-16-26-57(59)58-32-31-54(42-61(58)71)72-53-25-18-24-52(41-53)69-44-70(62-39-48(30-33-60(62)69)46-20-12-10-13-21-46)64-55(47-22-14-11-15-23-47)27-19-28-56(64)49-37-50(66(4,5)6)40-51(38-49)67(7,8)9;/h10-40H,43H2,1-9H3;/q-2;/i11D,14D,15D,22D,23D;. The van der Waals surface area contributed by atoms with Gasteiger partial charge in [0.25, 0.3) is 6.33 Å². The van der Waals surface area contributed by atoms with Gasteiger partial charge in [0.1, 0.15) is 5.82 Å². The largest absolute Gasteiger partial charge is 0.510 e. The van der Waals surface area contributed by atoms with E-state index >= 15 is 0 Å². The Kier molecular flexibility index (Phi) is 11.4. The molecule has 6 heteroatoms. The minimum absolute atomic E-state index is 0. The summed E-state index contributed by atoms with van der Waals surface area (Å²) in [5, 5.41) is 2.12. The van der Waals surface area contributed by atoms with Crippen LogP contribution in [-0.4, -0.2) is 14.1 Å². The van der Waals surface area contributed by atoms with Crippen molar-refractivity contribution in [1.82, 2.24) is 14.1 Å². The summed E-state index contributed by atoms with van der Waals surface area (Å²) in [6.45, 7) is 20.0. The minimum atomic E-state index is -0.451. The Morgan fingerprint density at radius 1 is 0.575 bits per heavy atom. The number of hydrogen-bond acceptors (Lipinski definition) is 2. The second kappa shape index (κ2) is 19.3. The van der Waals surface area contributed by atoms with Gasteiger partial charge in [0.2, 0.25) is 0 Å². The third-order valence-corrected chi connectivity index (χ3v) is 13.3. The topological polar surface area (TPSA) is 35.9 Å². The number of para-hydroxylation sites is 2. The molecule has 8 aromatic carbocycles. The van der Waals surface area contributed by atoms with Crippen LogP contribution in [0.5, 0.6) is 11.5 Å². The summed E-state index contributed by atoms with van der Waals surface area (Å²) in [5.41, 5.74) is 12.1. The molecule has 0 aliphatic rings. The van der Waals surface area contributed by atoms with Crippen molar-refractivity contribution in [3.05, 3.63) is 223 Å². The Morgan fingerprint density at radius 3 is 1.99 bits per heavy atom. The molecule has 0 radical (unpaired) electrons. The molecule has 0 aliphatic carbocycles. The maximum Gasteiger partial charge on any atom is 0.268 e. The van der Waals surface area contributed by atoms with Gasteiger partial charge in [-0.2, -0.15) is 18.2 Å². The number of pyridine rings is 1. The van der Waals surface area contributed by atoms with Crippen LogP contribution in [0.15, 0.2) is 188 Å². The normalized spacial score (nSPS) is 13.1. The molecule has 0 saturated carbocycles. The molecular weight excluding hydrogens is 1070 g/mol. The molecule has 73 heavy (non-hydrogen) atoms. The van der Waals surface area contributed by atoms with Crippen molar-refractivity contribution in [2.75, 3.05) is 0 Å². The maximum atomic E-state index is 9.35. The van der Waals surface area contributed by atoms with Gasteiger partial charge in [-0.1, -0.05) is 195 Å². The molecule has 0 unspecified atom stereocenters. The molecule has 0 fully saturated rings. The summed E-state index contributed by atoms with van der Waals surface area (Å²) >= 11 is 0. The van der Waals surface area contributed by atoms with Gasteiger partial charge in [-0.15, -0.1) is 29.7 Å². The molecule has 0 amide bonds. The summed E-state index contributed by atoms with van der Waals surface area (Å²) < 4.78 is 57.8. The quantitative estimate of drug-likeness (QED) is 0.107. The summed E-state index contributed by atoms with van der Waals surface area (Å²) in [7, 11) is 0. The molecule has 11 aromatic rings. The first-order valence-corrected chi connectivity index (χ1v) is 24.7. The SMILES string of the molecule is [2H]c1c([2H])c([2H])c(-c2cccc(-c3cc(C(C)(C)C)cc(C(C)(C)C)c3)c2-[n+]2[c-]n(-c3[c-]c(Oc4[c-]c5c(cc4)c4ccccc4n5-c4cc(CC(C)(C)C)ccn4)ccc3)c3ccc(-c4ccccc4)cc32)c([2H])c1[2H].[Pt]. The molecular formula is C67H60N4OPt-2. The van der Waals surface area contributed by atoms with Crippen molar-refractivity contribution in [1.29, 1.82) is 0 Å². The van der Waals surface area contributed by atoms with Crippen LogP contribution in [0.2, 0.25) is 0 Å². The van der Waals surface area contributed by atoms with Crippen LogP contribution in [0.1, 0.15) is 85.9 Å². The van der Waals surface area contributed by atoms with E-state index in [4.69, 9.17) is 13.8 Å². The first kappa shape index (κ1) is 43.3. The number of imidazole rings is 1. The van der Waals surface area contributed by atoms with Crippen LogP contribution >= 0.6 is 0 Å². The smallest absolute Gasteiger partial charge is 0.268 e. The van der Waals surface area contributed by atoms with Crippen molar-refractivity contribution in [2.45, 2.75) is 79.6 Å². The number of ether oxygens (including phenoxy) is 1. The Bertz CT molecular complexity index is 4060. The monoisotopic (exact) mass is 1140 g/mol. The third-order valence-electron chi connectivity index (χ3n) is 13.3. The zero-order valence-electron chi connectivity index (χ0n) is 47.7. The molecule has 0 saturated heterocycles. The van der Waals surface area contributed by atoms with Gasteiger partial charge in [-0.3, -0.25) is 4.57 Å². The predicted octanol–water partition coefficient (Wildman–Crippen LogP) is 16.8. The van der Waals surface area contributed by atoms with E-state index in [1.54, 1.807) is 0 Å². The fraction of sp³-hybridized carbons (Fsp3) is 0.194. The number of aromatic nitrogens is 4. The average molecular weight is 1140 g/mol. The van der Waals surface area contributed by atoms with Gasteiger partial charge in [-0.25, -0.2) is 4.98 Å². The first-order chi connectivity index (χ1) is 36.6. The summed E-state index contributed by atoms with van der Waals surface area (Å²) in [6, 6.07) is 56.7. The Morgan fingerprint density at radius 2 is 1.26 bits per heavy atom. The molecule has 3 heterocycles. The van der Waals surface area contributed by atoms with Crippen molar-refractivity contribution < 1.29 is 37.2 Å². The number of hydrogen-bond donors (Lipinski definition) is 0. The van der Waals surface area contributed by atoms with Gasteiger partial charge < -0.3 is 13.9 Å².